The first-order valence-electron chi connectivity index (χ1n) is 22.7. The number of furan rings is 1. The highest BCUT2D eigenvalue weighted by atomic mass is 16.3. The molecule has 0 fully saturated rings. The Bertz CT molecular complexity index is 3960. The summed E-state index contributed by atoms with van der Waals surface area (Å²) in [5.74, 6) is 0. The lowest BCUT2D eigenvalue weighted by atomic mass is 9.85. The summed E-state index contributed by atoms with van der Waals surface area (Å²) in [6.07, 6.45) is 0. The van der Waals surface area contributed by atoms with Gasteiger partial charge in [0.05, 0.1) is 0 Å². The zero-order chi connectivity index (χ0) is 43.6. The molecule has 1 heterocycles. The van der Waals surface area contributed by atoms with Crippen LogP contribution in [0.1, 0.15) is 0 Å². The van der Waals surface area contributed by atoms with Crippen LogP contribution < -0.4 is 4.90 Å². The molecular formula is C64H41NO. The van der Waals surface area contributed by atoms with Crippen molar-refractivity contribution in [2.45, 2.75) is 0 Å². The van der Waals surface area contributed by atoms with E-state index in [0.29, 0.717) is 0 Å². The summed E-state index contributed by atoms with van der Waals surface area (Å²) < 4.78 is 6.50. The van der Waals surface area contributed by atoms with Gasteiger partial charge in [0.2, 0.25) is 0 Å². The highest BCUT2D eigenvalue weighted by Gasteiger charge is 2.21. The van der Waals surface area contributed by atoms with Crippen LogP contribution in [0.15, 0.2) is 253 Å². The maximum Gasteiger partial charge on any atom is 0.143 e. The zero-order valence-corrected chi connectivity index (χ0v) is 36.0. The van der Waals surface area contributed by atoms with Crippen molar-refractivity contribution in [3.8, 4) is 44.5 Å². The Morgan fingerprint density at radius 2 is 0.742 bits per heavy atom. The minimum Gasteiger partial charge on any atom is -0.455 e. The van der Waals surface area contributed by atoms with E-state index in [1.54, 1.807) is 0 Å². The standard InChI is InChI=1S/C64H41NO/c1-3-16-45(17-4-1)62-58-23-10-9-21-54(58)56-40-38-49(41-60(56)63(62)46-18-5-2-6-19-46)65(48-36-31-44(32-37-48)52-25-14-27-59-57-22-11-12-28-61(57)66-64(52)59)47-34-29-43(30-35-47)51-24-13-26-53-50-20-8-7-15-42(50)33-39-55(51)53/h1-41H. The number of benzene rings is 12. The highest BCUT2D eigenvalue weighted by Crippen LogP contribution is 2.47. The summed E-state index contributed by atoms with van der Waals surface area (Å²) in [6, 6.07) is 90.3. The molecule has 1 aromatic heterocycles. The van der Waals surface area contributed by atoms with Gasteiger partial charge in [-0.1, -0.05) is 206 Å². The lowest BCUT2D eigenvalue weighted by Gasteiger charge is -2.27. The summed E-state index contributed by atoms with van der Waals surface area (Å²) in [6.45, 7) is 0. The van der Waals surface area contributed by atoms with Crippen molar-refractivity contribution < 1.29 is 4.42 Å². The molecule has 0 saturated carbocycles. The average molecular weight is 840 g/mol. The van der Waals surface area contributed by atoms with Crippen LogP contribution in [0.3, 0.4) is 0 Å². The van der Waals surface area contributed by atoms with Crippen molar-refractivity contribution >= 4 is 82.1 Å². The summed E-state index contributed by atoms with van der Waals surface area (Å²) in [4.78, 5) is 2.40. The van der Waals surface area contributed by atoms with Crippen LogP contribution >= 0.6 is 0 Å². The van der Waals surface area contributed by atoms with E-state index in [9.17, 15) is 0 Å². The number of rotatable bonds is 7. The van der Waals surface area contributed by atoms with Crippen LogP contribution in [0.2, 0.25) is 0 Å². The van der Waals surface area contributed by atoms with Crippen molar-refractivity contribution in [2.24, 2.45) is 0 Å². The van der Waals surface area contributed by atoms with Crippen LogP contribution in [-0.2, 0) is 0 Å². The number of para-hydroxylation sites is 2. The third-order valence-corrected chi connectivity index (χ3v) is 13.5. The molecule has 0 spiro atoms. The molecule has 13 rings (SSSR count). The fourth-order valence-electron chi connectivity index (χ4n) is 10.4. The van der Waals surface area contributed by atoms with Crippen LogP contribution in [0, 0.1) is 0 Å². The van der Waals surface area contributed by atoms with E-state index in [-0.39, 0.29) is 0 Å². The topological polar surface area (TPSA) is 16.4 Å². The molecule has 0 aliphatic rings. The fraction of sp³-hybridized carbons (Fsp3) is 0. The van der Waals surface area contributed by atoms with Crippen molar-refractivity contribution in [1.82, 2.24) is 0 Å². The van der Waals surface area contributed by atoms with Gasteiger partial charge in [0, 0.05) is 33.4 Å². The highest BCUT2D eigenvalue weighted by molar-refractivity contribution is 6.22. The van der Waals surface area contributed by atoms with Gasteiger partial charge in [-0.25, -0.2) is 0 Å². The second-order valence-electron chi connectivity index (χ2n) is 17.2. The Morgan fingerprint density at radius 3 is 1.45 bits per heavy atom. The van der Waals surface area contributed by atoms with Crippen LogP contribution in [0.5, 0.6) is 0 Å². The van der Waals surface area contributed by atoms with E-state index in [0.717, 1.165) is 50.1 Å². The second-order valence-corrected chi connectivity index (χ2v) is 17.2. The van der Waals surface area contributed by atoms with E-state index >= 15 is 0 Å². The molecule has 0 amide bonds. The van der Waals surface area contributed by atoms with Crippen LogP contribution in [0.25, 0.3) is 110 Å². The third-order valence-electron chi connectivity index (χ3n) is 13.5. The first-order chi connectivity index (χ1) is 32.7. The number of hydrogen-bond acceptors (Lipinski definition) is 2. The monoisotopic (exact) mass is 839 g/mol. The Kier molecular flexibility index (Phi) is 8.89. The van der Waals surface area contributed by atoms with Gasteiger partial charge in [0.15, 0.2) is 0 Å². The summed E-state index contributed by atoms with van der Waals surface area (Å²) >= 11 is 0. The molecule has 2 heteroatoms. The van der Waals surface area contributed by atoms with E-state index < -0.39 is 0 Å². The van der Waals surface area contributed by atoms with Crippen molar-refractivity contribution in [3.63, 3.8) is 0 Å². The van der Waals surface area contributed by atoms with Gasteiger partial charge in [0.1, 0.15) is 11.2 Å². The van der Waals surface area contributed by atoms with Crippen LogP contribution in [-0.4, -0.2) is 0 Å². The molecule has 0 saturated heterocycles. The quantitative estimate of drug-likeness (QED) is 0.149. The normalized spacial score (nSPS) is 11.6. The van der Waals surface area contributed by atoms with E-state index in [4.69, 9.17) is 4.42 Å². The van der Waals surface area contributed by atoms with Crippen molar-refractivity contribution in [2.75, 3.05) is 4.90 Å². The molecule has 0 bridgehead atoms. The van der Waals surface area contributed by atoms with Gasteiger partial charge < -0.3 is 9.32 Å². The van der Waals surface area contributed by atoms with Gasteiger partial charge >= 0.3 is 0 Å². The summed E-state index contributed by atoms with van der Waals surface area (Å²) in [7, 11) is 0. The number of nitrogens with zero attached hydrogens (tertiary/aromatic N) is 1. The minimum absolute atomic E-state index is 0.900. The third kappa shape index (κ3) is 6.18. The van der Waals surface area contributed by atoms with Gasteiger partial charge in [0.25, 0.3) is 0 Å². The number of hydrogen-bond donors (Lipinski definition) is 0. The largest absolute Gasteiger partial charge is 0.455 e. The molecule has 0 aliphatic heterocycles. The fourth-order valence-corrected chi connectivity index (χ4v) is 10.4. The minimum atomic E-state index is 0.900. The van der Waals surface area contributed by atoms with Crippen molar-refractivity contribution in [1.29, 1.82) is 0 Å². The summed E-state index contributed by atoms with van der Waals surface area (Å²) in [5.41, 5.74) is 14.4. The first kappa shape index (κ1) is 37.8. The molecule has 66 heavy (non-hydrogen) atoms. The molecule has 308 valence electrons. The second kappa shape index (κ2) is 15.5. The Labute approximate surface area is 382 Å². The SMILES string of the molecule is c1ccc(-c2c(-c3ccccc3)c3cc(N(c4ccc(-c5cccc6c5ccc5ccccc56)cc4)c4ccc(-c5cccc6c5oc5ccccc56)cc4)ccc3c3ccccc23)cc1. The molecule has 12 aromatic carbocycles. The maximum atomic E-state index is 6.50. The van der Waals surface area contributed by atoms with Gasteiger partial charge in [-0.15, -0.1) is 0 Å². The number of anilines is 3. The predicted molar refractivity (Wildman–Crippen MR) is 280 cm³/mol. The molecule has 0 radical (unpaired) electrons. The lowest BCUT2D eigenvalue weighted by Crippen LogP contribution is -2.10. The molecule has 2 nitrogen and oxygen atoms in total. The molecule has 0 atom stereocenters. The Morgan fingerprint density at radius 1 is 0.258 bits per heavy atom. The smallest absolute Gasteiger partial charge is 0.143 e. The van der Waals surface area contributed by atoms with Crippen LogP contribution in [0.4, 0.5) is 17.1 Å². The van der Waals surface area contributed by atoms with E-state index in [2.05, 4.69) is 241 Å². The van der Waals surface area contributed by atoms with E-state index in [1.165, 1.54) is 76.5 Å². The average Bonchev–Trinajstić information content (AvgIpc) is 3.78. The first-order valence-corrected chi connectivity index (χ1v) is 22.7. The number of fused-ring (bicyclic) bond motifs is 9. The van der Waals surface area contributed by atoms with Crippen molar-refractivity contribution in [3.05, 3.63) is 249 Å². The molecule has 0 aliphatic carbocycles. The summed E-state index contributed by atoms with van der Waals surface area (Å²) in [5, 5.41) is 12.2. The van der Waals surface area contributed by atoms with Gasteiger partial charge in [-0.3, -0.25) is 0 Å². The Hall–Kier alpha value is -8.72. The van der Waals surface area contributed by atoms with Gasteiger partial charge in [-0.2, -0.15) is 0 Å². The van der Waals surface area contributed by atoms with Gasteiger partial charge in [-0.05, 0) is 124 Å². The molecule has 0 N–H and O–H groups in total. The predicted octanol–water partition coefficient (Wildman–Crippen LogP) is 18.3. The van der Waals surface area contributed by atoms with E-state index in [1.807, 2.05) is 12.1 Å². The maximum absolute atomic E-state index is 6.50. The molecule has 0 unspecified atom stereocenters. The lowest BCUT2D eigenvalue weighted by molar-refractivity contribution is 0.670. The Balaban J connectivity index is 1.01. The molecular weight excluding hydrogens is 799 g/mol. The zero-order valence-electron chi connectivity index (χ0n) is 36.0. The molecule has 13 aromatic rings.